The Bertz CT molecular complexity index is 664. The molecule has 0 aliphatic carbocycles. The lowest BCUT2D eigenvalue weighted by molar-refractivity contribution is -0.385. The predicted molar refractivity (Wildman–Crippen MR) is 80.2 cm³/mol. The fraction of sp³-hybridized carbons (Fsp3) is 0.0769. The van der Waals surface area contributed by atoms with E-state index in [0.717, 1.165) is 17.7 Å². The van der Waals surface area contributed by atoms with Crippen molar-refractivity contribution in [2.45, 2.75) is 6.54 Å². The number of nitrogens with zero attached hydrogens (tertiary/aromatic N) is 1. The van der Waals surface area contributed by atoms with Crippen LogP contribution in [0.4, 0.5) is 10.1 Å². The highest BCUT2D eigenvalue weighted by Crippen LogP contribution is 2.34. The van der Waals surface area contributed by atoms with E-state index in [1.807, 2.05) is 0 Å². The Morgan fingerprint density at radius 2 is 2.10 bits per heavy atom. The maximum absolute atomic E-state index is 13.5. The lowest BCUT2D eigenvalue weighted by Crippen LogP contribution is -1.98. The first-order valence-electron chi connectivity index (χ1n) is 5.61. The smallest absolute Gasteiger partial charge is 0.312 e. The standard InChI is InChI=1S/C13H10FIN2O3/c14-10-5-13(12(17(18)19)6-11(10)15)20-9-3-1-2-8(4-9)7-16/h1-6H,7,16H2. The van der Waals surface area contributed by atoms with Crippen molar-refractivity contribution in [1.82, 2.24) is 0 Å². The van der Waals surface area contributed by atoms with E-state index in [1.54, 1.807) is 46.9 Å². The number of nitro groups is 1. The Morgan fingerprint density at radius 1 is 1.35 bits per heavy atom. The van der Waals surface area contributed by atoms with Crippen LogP contribution >= 0.6 is 22.6 Å². The van der Waals surface area contributed by atoms with Gasteiger partial charge in [-0.1, -0.05) is 12.1 Å². The van der Waals surface area contributed by atoms with Crippen molar-refractivity contribution in [2.24, 2.45) is 5.73 Å². The first kappa shape index (κ1) is 14.7. The second kappa shape index (κ2) is 6.14. The molecule has 2 aromatic rings. The minimum absolute atomic E-state index is 0.137. The molecule has 20 heavy (non-hydrogen) atoms. The van der Waals surface area contributed by atoms with Gasteiger partial charge in [-0.2, -0.15) is 0 Å². The van der Waals surface area contributed by atoms with E-state index >= 15 is 0 Å². The Hall–Kier alpha value is -1.74. The van der Waals surface area contributed by atoms with Crippen LogP contribution in [0.25, 0.3) is 0 Å². The Balaban J connectivity index is 2.41. The first-order valence-corrected chi connectivity index (χ1v) is 6.69. The maximum atomic E-state index is 13.5. The van der Waals surface area contributed by atoms with Crippen molar-refractivity contribution in [3.8, 4) is 11.5 Å². The Kier molecular flexibility index (Phi) is 4.50. The summed E-state index contributed by atoms with van der Waals surface area (Å²) >= 11 is 1.69. The van der Waals surface area contributed by atoms with Crippen molar-refractivity contribution < 1.29 is 14.1 Å². The summed E-state index contributed by atoms with van der Waals surface area (Å²) in [6, 6.07) is 8.94. The van der Waals surface area contributed by atoms with Crippen molar-refractivity contribution in [1.29, 1.82) is 0 Å². The molecule has 2 rings (SSSR count). The number of nitro benzene ring substituents is 1. The molecule has 0 saturated heterocycles. The molecule has 0 amide bonds. The highest BCUT2D eigenvalue weighted by atomic mass is 127. The average Bonchev–Trinajstić information content (AvgIpc) is 2.42. The van der Waals surface area contributed by atoms with Gasteiger partial charge in [-0.25, -0.2) is 4.39 Å². The fourth-order valence-corrected chi connectivity index (χ4v) is 2.06. The molecule has 104 valence electrons. The summed E-state index contributed by atoms with van der Waals surface area (Å²) < 4.78 is 19.1. The van der Waals surface area contributed by atoms with Gasteiger partial charge < -0.3 is 10.5 Å². The van der Waals surface area contributed by atoms with E-state index < -0.39 is 10.7 Å². The molecule has 0 aliphatic heterocycles. The van der Waals surface area contributed by atoms with Gasteiger partial charge in [0.15, 0.2) is 0 Å². The van der Waals surface area contributed by atoms with Crippen molar-refractivity contribution in [3.05, 3.63) is 61.5 Å². The molecule has 0 heterocycles. The molecule has 0 aromatic heterocycles. The zero-order valence-electron chi connectivity index (χ0n) is 10.2. The van der Waals surface area contributed by atoms with Crippen LogP contribution in [0.3, 0.4) is 0 Å². The topological polar surface area (TPSA) is 78.4 Å². The minimum atomic E-state index is -0.607. The predicted octanol–water partition coefficient (Wildman–Crippen LogP) is 3.59. The highest BCUT2D eigenvalue weighted by Gasteiger charge is 2.19. The van der Waals surface area contributed by atoms with E-state index in [2.05, 4.69) is 0 Å². The number of halogens is 2. The summed E-state index contributed by atoms with van der Waals surface area (Å²) in [6.07, 6.45) is 0. The van der Waals surface area contributed by atoms with Gasteiger partial charge in [0.1, 0.15) is 11.6 Å². The zero-order valence-corrected chi connectivity index (χ0v) is 12.3. The second-order valence-corrected chi connectivity index (χ2v) is 5.11. The Labute approximate surface area is 127 Å². The zero-order chi connectivity index (χ0) is 14.7. The molecule has 0 radical (unpaired) electrons. The van der Waals surface area contributed by atoms with Gasteiger partial charge in [-0.15, -0.1) is 0 Å². The van der Waals surface area contributed by atoms with Gasteiger partial charge in [0.05, 0.1) is 8.49 Å². The van der Waals surface area contributed by atoms with E-state index in [4.69, 9.17) is 10.5 Å². The molecule has 2 N–H and O–H groups in total. The van der Waals surface area contributed by atoms with Crippen LogP contribution in [0.1, 0.15) is 5.56 Å². The molecule has 0 bridgehead atoms. The molecule has 0 atom stereocenters. The number of ether oxygens (including phenoxy) is 1. The van der Waals surface area contributed by atoms with Gasteiger partial charge in [0, 0.05) is 18.7 Å². The van der Waals surface area contributed by atoms with E-state index in [0.29, 0.717) is 12.3 Å². The lowest BCUT2D eigenvalue weighted by Gasteiger charge is -2.08. The van der Waals surface area contributed by atoms with Crippen LogP contribution < -0.4 is 10.5 Å². The van der Waals surface area contributed by atoms with Crippen LogP contribution in [0.2, 0.25) is 0 Å². The molecule has 2 aromatic carbocycles. The third kappa shape index (κ3) is 3.23. The summed E-state index contributed by atoms with van der Waals surface area (Å²) in [4.78, 5) is 10.4. The largest absolute Gasteiger partial charge is 0.450 e. The van der Waals surface area contributed by atoms with E-state index in [9.17, 15) is 14.5 Å². The van der Waals surface area contributed by atoms with Gasteiger partial charge in [0.2, 0.25) is 5.75 Å². The molecule has 5 nitrogen and oxygen atoms in total. The van der Waals surface area contributed by atoms with E-state index in [-0.39, 0.29) is 15.0 Å². The molecule has 0 aliphatic rings. The normalized spacial score (nSPS) is 10.3. The van der Waals surface area contributed by atoms with Crippen LogP contribution in [-0.4, -0.2) is 4.92 Å². The lowest BCUT2D eigenvalue weighted by atomic mass is 10.2. The number of rotatable bonds is 4. The number of benzene rings is 2. The molecule has 0 fully saturated rings. The van der Waals surface area contributed by atoms with Gasteiger partial charge in [-0.05, 0) is 40.3 Å². The molecule has 7 heteroatoms. The van der Waals surface area contributed by atoms with Crippen LogP contribution in [0.5, 0.6) is 11.5 Å². The van der Waals surface area contributed by atoms with Gasteiger partial charge in [0.25, 0.3) is 0 Å². The molecular weight excluding hydrogens is 378 g/mol. The first-order chi connectivity index (χ1) is 9.51. The van der Waals surface area contributed by atoms with Crippen LogP contribution in [0.15, 0.2) is 36.4 Å². The number of hydrogen-bond donors (Lipinski definition) is 1. The minimum Gasteiger partial charge on any atom is -0.450 e. The van der Waals surface area contributed by atoms with E-state index in [1.165, 1.54) is 0 Å². The molecule has 0 spiro atoms. The van der Waals surface area contributed by atoms with Crippen LogP contribution in [-0.2, 0) is 6.54 Å². The van der Waals surface area contributed by atoms with Crippen LogP contribution in [0, 0.1) is 19.5 Å². The third-order valence-corrected chi connectivity index (χ3v) is 3.39. The Morgan fingerprint density at radius 3 is 2.75 bits per heavy atom. The monoisotopic (exact) mass is 388 g/mol. The summed E-state index contributed by atoms with van der Waals surface area (Å²) in [6.45, 7) is 0.320. The average molecular weight is 388 g/mol. The second-order valence-electron chi connectivity index (χ2n) is 3.94. The van der Waals surface area contributed by atoms with Crippen molar-refractivity contribution >= 4 is 28.3 Å². The van der Waals surface area contributed by atoms with Crippen molar-refractivity contribution in [2.75, 3.05) is 0 Å². The SMILES string of the molecule is NCc1cccc(Oc2cc(F)c(I)cc2[N+](=O)[O-])c1. The van der Waals surface area contributed by atoms with Gasteiger partial charge in [-0.3, -0.25) is 10.1 Å². The van der Waals surface area contributed by atoms with Gasteiger partial charge >= 0.3 is 5.69 Å². The third-order valence-electron chi connectivity index (χ3n) is 2.56. The summed E-state index contributed by atoms with van der Waals surface area (Å²) in [5.41, 5.74) is 6.04. The fourth-order valence-electron chi connectivity index (χ4n) is 1.61. The maximum Gasteiger partial charge on any atom is 0.312 e. The molecule has 0 saturated carbocycles. The highest BCUT2D eigenvalue weighted by molar-refractivity contribution is 14.1. The van der Waals surface area contributed by atoms with Crippen molar-refractivity contribution in [3.63, 3.8) is 0 Å². The number of hydrogen-bond acceptors (Lipinski definition) is 4. The quantitative estimate of drug-likeness (QED) is 0.493. The summed E-state index contributed by atoms with van der Waals surface area (Å²) in [7, 11) is 0. The number of nitrogens with two attached hydrogens (primary N) is 1. The molecule has 0 unspecified atom stereocenters. The molecular formula is C13H10FIN2O3. The summed E-state index contributed by atoms with van der Waals surface area (Å²) in [5, 5.41) is 11.0. The summed E-state index contributed by atoms with van der Waals surface area (Å²) in [5.74, 6) is -0.333.